The molecule has 11 heteroatoms. The molecule has 4 heterocycles. The fraction of sp³-hybridized carbons (Fsp3) is 0.419. The maximum absolute atomic E-state index is 13.7. The summed E-state index contributed by atoms with van der Waals surface area (Å²) >= 11 is 0. The minimum absolute atomic E-state index is 0.137. The normalized spacial score (nSPS) is 18.1. The summed E-state index contributed by atoms with van der Waals surface area (Å²) in [5, 5.41) is 23.5. The molecule has 1 aliphatic carbocycles. The van der Waals surface area contributed by atoms with Crippen LogP contribution in [0, 0.1) is 0 Å². The fourth-order valence-electron chi connectivity index (χ4n) is 5.72. The lowest BCUT2D eigenvalue weighted by Crippen LogP contribution is -2.47. The number of piperazine rings is 1. The molecule has 1 aromatic carbocycles. The molecule has 11 nitrogen and oxygen atoms in total. The Balaban J connectivity index is 1.33. The Kier molecular flexibility index (Phi) is 7.80. The summed E-state index contributed by atoms with van der Waals surface area (Å²) in [6.45, 7) is 7.99. The fourth-order valence-corrected chi connectivity index (χ4v) is 5.72. The predicted molar refractivity (Wildman–Crippen MR) is 164 cm³/mol. The second-order valence-corrected chi connectivity index (χ2v) is 11.5. The van der Waals surface area contributed by atoms with Crippen LogP contribution in [0.25, 0.3) is 16.9 Å². The highest BCUT2D eigenvalue weighted by molar-refractivity contribution is 5.77. The van der Waals surface area contributed by atoms with Crippen LogP contribution in [0.15, 0.2) is 65.6 Å². The molecule has 3 N–H and O–H groups in total. The van der Waals surface area contributed by atoms with Crippen molar-refractivity contribution in [3.8, 4) is 5.82 Å². The van der Waals surface area contributed by atoms with E-state index in [0.717, 1.165) is 63.4 Å². The number of rotatable bonds is 8. The molecule has 0 radical (unpaired) electrons. The van der Waals surface area contributed by atoms with Crippen molar-refractivity contribution in [3.63, 3.8) is 0 Å². The number of nitrogens with zero attached hydrogens (tertiary/aromatic N) is 7. The van der Waals surface area contributed by atoms with E-state index in [1.165, 1.54) is 0 Å². The number of hydrogen-bond donors (Lipinski definition) is 3. The number of nitrogens with one attached hydrogen (secondary N) is 1. The third-order valence-corrected chi connectivity index (χ3v) is 8.02. The van der Waals surface area contributed by atoms with Crippen LogP contribution in [0.2, 0.25) is 0 Å². The molecule has 1 fully saturated rings. The molecule has 2 aliphatic rings. The first-order chi connectivity index (χ1) is 20.3. The zero-order valence-electron chi connectivity index (χ0n) is 24.1. The second-order valence-electron chi connectivity index (χ2n) is 11.5. The van der Waals surface area contributed by atoms with Crippen LogP contribution in [0.1, 0.15) is 44.8 Å². The lowest BCUT2D eigenvalue weighted by molar-refractivity contribution is 0.0738. The average Bonchev–Trinajstić information content (AvgIpc) is 3.29. The van der Waals surface area contributed by atoms with Crippen LogP contribution in [-0.2, 0) is 5.60 Å². The van der Waals surface area contributed by atoms with Gasteiger partial charge in [-0.1, -0.05) is 18.2 Å². The minimum atomic E-state index is -1.14. The molecular weight excluding hydrogens is 532 g/mol. The molecule has 1 aliphatic heterocycles. The van der Waals surface area contributed by atoms with Crippen LogP contribution >= 0.6 is 0 Å². The molecule has 0 amide bonds. The molecule has 3 aromatic heterocycles. The number of anilines is 3. The molecule has 0 saturated carbocycles. The van der Waals surface area contributed by atoms with Crippen LogP contribution in [0.5, 0.6) is 0 Å². The van der Waals surface area contributed by atoms with Gasteiger partial charge in [-0.05, 0) is 69.5 Å². The molecule has 1 unspecified atom stereocenters. The molecule has 6 rings (SSSR count). The first kappa shape index (κ1) is 28.1. The molecule has 4 aromatic rings. The third-order valence-electron chi connectivity index (χ3n) is 8.02. The Labute approximate surface area is 244 Å². The first-order valence-electron chi connectivity index (χ1n) is 14.6. The van der Waals surface area contributed by atoms with Gasteiger partial charge in [0.05, 0.1) is 18.3 Å². The number of fused-ring (bicyclic) bond motifs is 1. The highest BCUT2D eigenvalue weighted by Gasteiger charge is 2.25. The van der Waals surface area contributed by atoms with Gasteiger partial charge in [0.15, 0.2) is 11.5 Å². The van der Waals surface area contributed by atoms with Crippen molar-refractivity contribution in [1.29, 1.82) is 0 Å². The number of aromatic nitrogens is 5. The quantitative estimate of drug-likeness (QED) is 0.274. The van der Waals surface area contributed by atoms with Gasteiger partial charge in [-0.2, -0.15) is 4.98 Å². The van der Waals surface area contributed by atoms with Crippen LogP contribution in [0.4, 0.5) is 17.3 Å². The maximum Gasteiger partial charge on any atom is 0.278 e. The Morgan fingerprint density at radius 1 is 1.05 bits per heavy atom. The Hall–Kier alpha value is -4.06. The van der Waals surface area contributed by atoms with E-state index in [4.69, 9.17) is 9.97 Å². The standard InChI is InChI=1S/C31H38N8O3/c1-31(2,42)26-9-6-10-27(34-26)39-28-25(29(41)38(39)24-7-4-3-5-8-24)21-32-30(35-28)33-22-11-13-23(14-12-22)37-17-15-36(16-18-37)19-20-40/h4,6-7,9-14,21,24,40,42H,3,5,8,15-20H2,1-2H3,(H,32,33,35). The van der Waals surface area contributed by atoms with Crippen molar-refractivity contribution < 1.29 is 10.2 Å². The van der Waals surface area contributed by atoms with Gasteiger partial charge in [-0.25, -0.2) is 19.3 Å². The molecule has 0 spiro atoms. The number of allylic oxidation sites excluding steroid dienone is 2. The summed E-state index contributed by atoms with van der Waals surface area (Å²) in [6.07, 6.45) is 8.57. The van der Waals surface area contributed by atoms with Crippen molar-refractivity contribution in [2.24, 2.45) is 0 Å². The number of β-amino-alcohol motifs (C(OH)–C–C–N with tert-alkyl or cyclic N) is 1. The van der Waals surface area contributed by atoms with Gasteiger partial charge in [0, 0.05) is 50.3 Å². The Morgan fingerprint density at radius 3 is 2.52 bits per heavy atom. The Morgan fingerprint density at radius 2 is 1.83 bits per heavy atom. The highest BCUT2D eigenvalue weighted by Crippen LogP contribution is 2.27. The topological polar surface area (TPSA) is 125 Å². The largest absolute Gasteiger partial charge is 0.395 e. The van der Waals surface area contributed by atoms with Gasteiger partial charge < -0.3 is 20.4 Å². The van der Waals surface area contributed by atoms with Crippen molar-refractivity contribution >= 4 is 28.4 Å². The summed E-state index contributed by atoms with van der Waals surface area (Å²) < 4.78 is 3.48. The molecule has 0 bridgehead atoms. The highest BCUT2D eigenvalue weighted by atomic mass is 16.3. The van der Waals surface area contributed by atoms with Gasteiger partial charge >= 0.3 is 0 Å². The molecular formula is C31H38N8O3. The monoisotopic (exact) mass is 570 g/mol. The van der Waals surface area contributed by atoms with Crippen molar-refractivity contribution in [2.75, 3.05) is 49.5 Å². The number of aliphatic hydroxyl groups excluding tert-OH is 1. The molecule has 1 atom stereocenters. The van der Waals surface area contributed by atoms with E-state index in [9.17, 15) is 15.0 Å². The molecule has 220 valence electrons. The summed E-state index contributed by atoms with van der Waals surface area (Å²) in [5.41, 5.74) is 1.62. The lowest BCUT2D eigenvalue weighted by atomic mass is 10.0. The van der Waals surface area contributed by atoms with E-state index < -0.39 is 5.60 Å². The van der Waals surface area contributed by atoms with E-state index in [0.29, 0.717) is 28.5 Å². The van der Waals surface area contributed by atoms with Gasteiger partial charge in [-0.15, -0.1) is 0 Å². The van der Waals surface area contributed by atoms with Crippen molar-refractivity contribution in [1.82, 2.24) is 29.2 Å². The van der Waals surface area contributed by atoms with Gasteiger partial charge in [0.25, 0.3) is 5.56 Å². The molecule has 42 heavy (non-hydrogen) atoms. The van der Waals surface area contributed by atoms with Crippen molar-refractivity contribution in [2.45, 2.75) is 44.8 Å². The summed E-state index contributed by atoms with van der Waals surface area (Å²) in [4.78, 5) is 32.4. The van der Waals surface area contributed by atoms with Crippen LogP contribution in [0.3, 0.4) is 0 Å². The van der Waals surface area contributed by atoms with Crippen LogP contribution in [-0.4, -0.2) is 78.8 Å². The van der Waals surface area contributed by atoms with E-state index in [2.05, 4.69) is 44.4 Å². The van der Waals surface area contributed by atoms with Gasteiger partial charge in [0.2, 0.25) is 5.95 Å². The van der Waals surface area contributed by atoms with E-state index in [-0.39, 0.29) is 18.2 Å². The number of aliphatic hydroxyl groups is 2. The predicted octanol–water partition coefficient (Wildman–Crippen LogP) is 3.34. The SMILES string of the molecule is CC(C)(O)c1cccc(-n2c3nc(Nc4ccc(N5CCN(CCO)CC5)cc4)ncc3c(=O)n2C2C=CCCC2)n1. The van der Waals surface area contributed by atoms with Crippen LogP contribution < -0.4 is 15.8 Å². The number of hydrogen-bond acceptors (Lipinski definition) is 9. The molecule has 1 saturated heterocycles. The smallest absolute Gasteiger partial charge is 0.278 e. The summed E-state index contributed by atoms with van der Waals surface area (Å²) in [7, 11) is 0. The van der Waals surface area contributed by atoms with Gasteiger partial charge in [-0.3, -0.25) is 9.69 Å². The number of benzene rings is 1. The maximum atomic E-state index is 13.7. The zero-order chi connectivity index (χ0) is 29.3. The summed E-state index contributed by atoms with van der Waals surface area (Å²) in [6, 6.07) is 13.5. The van der Waals surface area contributed by atoms with E-state index in [1.807, 2.05) is 24.3 Å². The van der Waals surface area contributed by atoms with Gasteiger partial charge in [0.1, 0.15) is 11.0 Å². The van der Waals surface area contributed by atoms with E-state index in [1.54, 1.807) is 35.5 Å². The number of pyridine rings is 1. The van der Waals surface area contributed by atoms with Crippen molar-refractivity contribution in [3.05, 3.63) is 76.9 Å². The first-order valence-corrected chi connectivity index (χ1v) is 14.6. The average molecular weight is 571 g/mol. The Bertz CT molecular complexity index is 1630. The van der Waals surface area contributed by atoms with E-state index >= 15 is 0 Å². The summed E-state index contributed by atoms with van der Waals surface area (Å²) in [5.74, 6) is 0.880. The zero-order valence-corrected chi connectivity index (χ0v) is 24.1. The second kappa shape index (κ2) is 11.7. The lowest BCUT2D eigenvalue weighted by Gasteiger charge is -2.35. The third kappa shape index (κ3) is 5.67. The minimum Gasteiger partial charge on any atom is -0.395 e.